The average Bonchev–Trinajstić information content (AvgIpc) is 0.736. The van der Waals surface area contributed by atoms with Gasteiger partial charge in [0, 0.05) is 36.5 Å². The van der Waals surface area contributed by atoms with Crippen molar-refractivity contribution in [3.63, 3.8) is 0 Å². The molecule has 5 fully saturated rings. The molecule has 0 radical (unpaired) electrons. The van der Waals surface area contributed by atoms with Crippen LogP contribution in [0.4, 0.5) is 0 Å². The molecule has 15 heteroatoms. The van der Waals surface area contributed by atoms with Crippen molar-refractivity contribution < 1.29 is 42.9 Å². The molecule has 0 spiro atoms. The predicted octanol–water partition coefficient (Wildman–Crippen LogP) is 30.3. The minimum absolute atomic E-state index is 0.0174. The molecule has 17 aromatic carbocycles. The number of carbonyl (C=O) groups is 5. The number of methoxy groups -OCH3 is 1. The van der Waals surface area contributed by atoms with Gasteiger partial charge >= 0.3 is 5.97 Å². The summed E-state index contributed by atoms with van der Waals surface area (Å²) in [6, 6.07) is 166. The van der Waals surface area contributed by atoms with E-state index in [0.717, 1.165) is 64.0 Å². The van der Waals surface area contributed by atoms with E-state index < -0.39 is 0 Å². The Morgan fingerprint density at radius 2 is 0.541 bits per heavy atom. The summed E-state index contributed by atoms with van der Waals surface area (Å²) in [4.78, 5) is 80.5. The average molecular weight is 2040 g/mol. The first-order valence-corrected chi connectivity index (χ1v) is 58.5. The zero-order valence-corrected chi connectivity index (χ0v) is 88.0. The third-order valence-corrected chi connectivity index (χ3v) is 39.9. The number of benzene rings is 17. The van der Waals surface area contributed by atoms with Crippen molar-refractivity contribution in [1.82, 2.24) is 0 Å². The fourth-order valence-corrected chi connectivity index (χ4v) is 32.1. The monoisotopic (exact) mass is 2040 g/mol. The van der Waals surface area contributed by atoms with Crippen molar-refractivity contribution in [3.8, 4) is 11.5 Å². The normalized spacial score (nSPS) is 15.3. The smallest absolute Gasteiger partial charge is 0.302 e. The largest absolute Gasteiger partial charge is 0.491 e. The molecule has 0 amide bonds. The maximum atomic E-state index is 13.7. The third kappa shape index (κ3) is 30.7. The standard InChI is InChI=1S/C24H27OS.C24H19OS.C22H21O3S.C21H21O2S.C20H23OS.C20H17OS/c25-23(24-14-18-11-19(15-24)13-20(12-18)16-24)17-26(21-7-3-1-4-8-21)22-9-5-2-6-10-22;25-24(21-16-15-19-9-7-8-10-20(19)17-21)18-26(22-11-3-1-4-12-22)23-13-5-2-6-14-23;1-18(23)24-16-17-25-19-12-14-22(15-13-19)26(20-8-4-2-5-9-20)21-10-6-3-7-11-21;1-22-16-17-23-18-12-14-21(15-13-18)24(19-8-4-2-5-9-19)20-10-6-3-7-11-20;2*21-20(17-10-4-1-5-11-17)16-22(18-12-6-2-7-13-18)19-14-8-3-9-15-19/h1-10,18-20H,11-17H2;1-17H,18H2;2-15H,16-17H2,1H3;2-15H,16-17H2,1H3;2-3,6-9,12-15,17H,1,4-5,10-11,16H2;1-15H,16H2/q6*+1. The van der Waals surface area contributed by atoms with Gasteiger partial charge in [-0.3, -0.25) is 24.0 Å². The zero-order valence-electron chi connectivity index (χ0n) is 83.1. The topological polar surface area (TPSA) is 122 Å². The molecule has 0 saturated heterocycles. The van der Waals surface area contributed by atoms with Gasteiger partial charge in [-0.25, -0.2) is 0 Å². The number of carbonyl (C=O) groups excluding carboxylic acids is 5. The highest BCUT2D eigenvalue weighted by molar-refractivity contribution is 7.99. The van der Waals surface area contributed by atoms with Gasteiger partial charge < -0.3 is 18.9 Å². The highest BCUT2D eigenvalue weighted by Gasteiger charge is 2.56. The molecule has 5 aliphatic carbocycles. The maximum Gasteiger partial charge on any atom is 0.302 e. The number of hydrogen-bond donors (Lipinski definition) is 0. The van der Waals surface area contributed by atoms with E-state index in [2.05, 4.69) is 303 Å². The molecule has 5 saturated carbocycles. The molecule has 4 bridgehead atoms. The van der Waals surface area contributed by atoms with Crippen LogP contribution in [-0.2, 0) is 89.2 Å². The molecule has 0 N–H and O–H groups in total. The highest BCUT2D eigenvalue weighted by atomic mass is 32.2. The molecule has 22 rings (SSSR count). The lowest BCUT2D eigenvalue weighted by atomic mass is 9.48. The summed E-state index contributed by atoms with van der Waals surface area (Å²) in [6.45, 7) is 3.17. The molecular weight excluding hydrogens is 1910 g/mol. The van der Waals surface area contributed by atoms with Gasteiger partial charge in [0.15, 0.2) is 103 Å². The van der Waals surface area contributed by atoms with Crippen LogP contribution in [0.1, 0.15) is 98.3 Å². The summed E-state index contributed by atoms with van der Waals surface area (Å²) in [5.41, 5.74) is 1.59. The third-order valence-electron chi connectivity index (χ3n) is 26.4. The minimum Gasteiger partial charge on any atom is -0.491 e. The summed E-state index contributed by atoms with van der Waals surface area (Å²) < 4.78 is 21.2. The molecule has 0 heterocycles. The van der Waals surface area contributed by atoms with E-state index in [1.807, 2.05) is 182 Å². The summed E-state index contributed by atoms with van der Waals surface area (Å²) in [6.07, 6.45) is 13.7. The first kappa shape index (κ1) is 106. The van der Waals surface area contributed by atoms with E-state index in [9.17, 15) is 24.0 Å². The van der Waals surface area contributed by atoms with Crippen LogP contribution in [0.2, 0.25) is 0 Å². The zero-order chi connectivity index (χ0) is 101. The van der Waals surface area contributed by atoms with Crippen LogP contribution in [0.3, 0.4) is 0 Å². The Hall–Kier alpha value is -13.2. The van der Waals surface area contributed by atoms with Gasteiger partial charge in [-0.05, 0) is 280 Å². The quantitative estimate of drug-likeness (QED) is 0.0168. The summed E-state index contributed by atoms with van der Waals surface area (Å²) >= 11 is 0. The van der Waals surface area contributed by atoms with Gasteiger partial charge in [0.05, 0.1) is 72.0 Å². The lowest BCUT2D eigenvalue weighted by Crippen LogP contribution is -2.51. The molecule has 9 nitrogen and oxygen atoms in total. The summed E-state index contributed by atoms with van der Waals surface area (Å²) in [5.74, 6) is 7.93. The summed E-state index contributed by atoms with van der Waals surface area (Å²) in [7, 11) is 0.634. The lowest BCUT2D eigenvalue weighted by molar-refractivity contribution is -0.142. The van der Waals surface area contributed by atoms with Crippen LogP contribution < -0.4 is 9.47 Å². The number of ketones is 4. The molecule has 146 heavy (non-hydrogen) atoms. The van der Waals surface area contributed by atoms with E-state index in [1.165, 1.54) is 133 Å². The van der Waals surface area contributed by atoms with Gasteiger partial charge in [-0.15, -0.1) is 0 Å². The number of ether oxygens (including phenoxy) is 4. The lowest BCUT2D eigenvalue weighted by Gasteiger charge is -2.55. The Bertz CT molecular complexity index is 6530. The van der Waals surface area contributed by atoms with Gasteiger partial charge in [0.25, 0.3) is 0 Å². The van der Waals surface area contributed by atoms with Crippen LogP contribution in [0, 0.1) is 29.1 Å². The molecule has 0 unspecified atom stereocenters. The summed E-state index contributed by atoms with van der Waals surface area (Å²) in [5, 5.41) is 2.27. The van der Waals surface area contributed by atoms with E-state index in [0.29, 0.717) is 60.3 Å². The first-order chi connectivity index (χ1) is 71.8. The molecule has 0 atom stereocenters. The van der Waals surface area contributed by atoms with Crippen LogP contribution in [0.5, 0.6) is 11.5 Å². The van der Waals surface area contributed by atoms with E-state index >= 15 is 0 Å². The van der Waals surface area contributed by atoms with Gasteiger partial charge in [0.1, 0.15) is 31.3 Å². The predicted molar refractivity (Wildman–Crippen MR) is 605 cm³/mol. The van der Waals surface area contributed by atoms with Crippen LogP contribution in [-0.4, -0.2) is 85.7 Å². The van der Waals surface area contributed by atoms with Crippen molar-refractivity contribution in [3.05, 3.63) is 496 Å². The molecule has 5 aliphatic rings. The second kappa shape index (κ2) is 55.9. The van der Waals surface area contributed by atoms with E-state index in [1.54, 1.807) is 7.11 Å². The van der Waals surface area contributed by atoms with E-state index in [-0.39, 0.29) is 94.9 Å². The molecule has 17 aromatic rings. The van der Waals surface area contributed by atoms with Crippen molar-refractivity contribution >= 4 is 105 Å². The van der Waals surface area contributed by atoms with Crippen LogP contribution >= 0.6 is 0 Å². The Labute approximate surface area is 880 Å². The minimum atomic E-state index is -0.293. The Morgan fingerprint density at radius 1 is 0.267 bits per heavy atom. The van der Waals surface area contributed by atoms with E-state index in [4.69, 9.17) is 18.9 Å². The van der Waals surface area contributed by atoms with Crippen LogP contribution in [0.15, 0.2) is 554 Å². The second-order valence-corrected chi connectivity index (χ2v) is 48.8. The first-order valence-electron chi connectivity index (χ1n) is 50.5. The van der Waals surface area contributed by atoms with Gasteiger partial charge in [-0.2, -0.15) is 0 Å². The number of hydrogen-bond acceptors (Lipinski definition) is 9. The maximum absolute atomic E-state index is 13.7. The fraction of sp³-hybridized carbons (Fsp3) is 0.198. The molecular formula is C131H128O9S6+6. The van der Waals surface area contributed by atoms with Crippen molar-refractivity contribution in [1.29, 1.82) is 0 Å². The number of Topliss-reactive ketones (excluding diaryl/α,β-unsaturated/α-hetero) is 4. The number of esters is 1. The van der Waals surface area contributed by atoms with Gasteiger partial charge in [-0.1, -0.05) is 304 Å². The van der Waals surface area contributed by atoms with Crippen molar-refractivity contribution in [2.75, 3.05) is 56.5 Å². The Balaban J connectivity index is 0.000000126. The van der Waals surface area contributed by atoms with Crippen LogP contribution in [0.25, 0.3) is 10.8 Å². The van der Waals surface area contributed by atoms with Crippen molar-refractivity contribution in [2.45, 2.75) is 146 Å². The molecule has 0 aromatic heterocycles. The fourth-order valence-electron chi connectivity index (χ4n) is 19.7. The molecule has 736 valence electrons. The Kier molecular flexibility index (Phi) is 40.5. The second-order valence-electron chi connectivity index (χ2n) is 36.7. The Morgan fingerprint density at radius 3 is 0.863 bits per heavy atom. The number of rotatable bonds is 34. The SMILES string of the molecule is CC(=O)OCCOc1ccc([S+](c2ccccc2)c2ccccc2)cc1.COCCOc1ccc([S+](c2ccccc2)c2ccccc2)cc1.O=C(C[S+](c1ccccc1)c1ccccc1)C12CC3CC(CC(C3)C1)C2.O=C(C[S+](c1ccccc1)c1ccccc1)C1CCCCC1.O=C(C[S+](c1ccccc1)c1ccccc1)c1ccc2ccccc2c1.O=C(C[S+](c1ccccc1)c1ccccc1)c1ccccc1. The van der Waals surface area contributed by atoms with Gasteiger partial charge in [0.2, 0.25) is 11.6 Å². The number of fused-ring (bicyclic) bond motifs is 1. The highest BCUT2D eigenvalue weighted by Crippen LogP contribution is 2.61. The molecule has 0 aliphatic heterocycles. The van der Waals surface area contributed by atoms with Crippen molar-refractivity contribution in [2.24, 2.45) is 29.1 Å².